The molecule has 0 aliphatic heterocycles. The highest BCUT2D eigenvalue weighted by atomic mass is 32.2. The van der Waals surface area contributed by atoms with Crippen LogP contribution < -0.4 is 10.2 Å². The number of nitriles is 1. The Morgan fingerprint density at radius 3 is 2.62 bits per heavy atom. The Balaban J connectivity index is 1.46. The Bertz CT molecular complexity index is 1360. The molecule has 1 unspecified atom stereocenters. The van der Waals surface area contributed by atoms with E-state index in [1.165, 1.54) is 22.3 Å². The monoisotopic (exact) mass is 562 g/mol. The Labute approximate surface area is 240 Å². The van der Waals surface area contributed by atoms with Gasteiger partial charge in [0.15, 0.2) is 11.0 Å². The van der Waals surface area contributed by atoms with Crippen LogP contribution in [0.4, 0.5) is 10.7 Å². The van der Waals surface area contributed by atoms with E-state index in [0.717, 1.165) is 49.3 Å². The number of rotatable bonds is 10. The predicted octanol–water partition coefficient (Wildman–Crippen LogP) is 6.79. The zero-order valence-electron chi connectivity index (χ0n) is 23.6. The van der Waals surface area contributed by atoms with Crippen LogP contribution in [0.5, 0.6) is 0 Å². The van der Waals surface area contributed by atoms with Gasteiger partial charge >= 0.3 is 0 Å². The number of amides is 1. The summed E-state index contributed by atoms with van der Waals surface area (Å²) in [5.74, 6) is 1.35. The van der Waals surface area contributed by atoms with E-state index in [0.29, 0.717) is 28.2 Å². The summed E-state index contributed by atoms with van der Waals surface area (Å²) in [7, 11) is 0. The van der Waals surface area contributed by atoms with E-state index in [4.69, 9.17) is 0 Å². The third-order valence-electron chi connectivity index (χ3n) is 7.47. The molecule has 9 heteroatoms. The minimum Gasteiger partial charge on any atom is -0.372 e. The zero-order chi connectivity index (χ0) is 28.2. The molecule has 1 N–H and O–H groups in total. The van der Waals surface area contributed by atoms with E-state index in [2.05, 4.69) is 91.9 Å². The van der Waals surface area contributed by atoms with Crippen LogP contribution in [0, 0.1) is 22.7 Å². The van der Waals surface area contributed by atoms with Crippen LogP contribution in [-0.4, -0.2) is 39.5 Å². The van der Waals surface area contributed by atoms with Crippen LogP contribution in [-0.2, 0) is 24.2 Å². The standard InChI is InChI=1S/C30H38N6OS2/c1-7-16-36-27(20-10-13-22(14-11-20)35(8-2)9-3)33-34-29(36)38-19-26(37)32-28-24(18-31)23-15-12-21(30(4,5)6)17-25(23)39-28/h7,10-11,13-14,21H,1,8-9,12,15-17,19H2,2-6H3,(H,32,37). The number of hydrogen-bond acceptors (Lipinski definition) is 7. The first-order valence-electron chi connectivity index (χ1n) is 13.6. The van der Waals surface area contributed by atoms with Gasteiger partial charge in [0.05, 0.1) is 11.3 Å². The third-order valence-corrected chi connectivity index (χ3v) is 9.61. The van der Waals surface area contributed by atoms with Gasteiger partial charge in [0.2, 0.25) is 5.91 Å². The first kappa shape index (κ1) is 28.9. The van der Waals surface area contributed by atoms with Gasteiger partial charge in [-0.3, -0.25) is 9.36 Å². The SMILES string of the molecule is C=CCn1c(SCC(=O)Nc2sc3c(c2C#N)CCC(C(C)(C)C)C3)nnc1-c1ccc(N(CC)CC)cc1. The van der Waals surface area contributed by atoms with E-state index in [9.17, 15) is 10.1 Å². The summed E-state index contributed by atoms with van der Waals surface area (Å²) in [5.41, 5.74) is 4.11. The molecule has 0 saturated heterocycles. The number of thioether (sulfide) groups is 1. The molecular formula is C30H38N6OS2. The fourth-order valence-electron chi connectivity index (χ4n) is 5.14. The van der Waals surface area contributed by atoms with Gasteiger partial charge in [-0.2, -0.15) is 5.26 Å². The van der Waals surface area contributed by atoms with Crippen molar-refractivity contribution in [2.45, 2.75) is 65.6 Å². The second-order valence-electron chi connectivity index (χ2n) is 10.9. The molecular weight excluding hydrogens is 525 g/mol. The largest absolute Gasteiger partial charge is 0.372 e. The van der Waals surface area contributed by atoms with Crippen molar-refractivity contribution >= 4 is 39.7 Å². The van der Waals surface area contributed by atoms with Crippen LogP contribution in [0.2, 0.25) is 0 Å². The maximum Gasteiger partial charge on any atom is 0.235 e. The van der Waals surface area contributed by atoms with Crippen molar-refractivity contribution in [3.05, 3.63) is 52.9 Å². The van der Waals surface area contributed by atoms with Gasteiger partial charge in [-0.1, -0.05) is 38.6 Å². The van der Waals surface area contributed by atoms with Crippen molar-refractivity contribution in [3.8, 4) is 17.5 Å². The summed E-state index contributed by atoms with van der Waals surface area (Å²) >= 11 is 2.90. The summed E-state index contributed by atoms with van der Waals surface area (Å²) in [4.78, 5) is 16.5. The first-order valence-corrected chi connectivity index (χ1v) is 15.4. The van der Waals surface area contributed by atoms with Crippen LogP contribution in [0.3, 0.4) is 0 Å². The normalized spacial score (nSPS) is 14.9. The highest BCUT2D eigenvalue weighted by Crippen LogP contribution is 2.44. The summed E-state index contributed by atoms with van der Waals surface area (Å²) in [5, 5.41) is 23.0. The molecule has 3 aromatic rings. The summed E-state index contributed by atoms with van der Waals surface area (Å²) < 4.78 is 1.98. The molecule has 1 atom stereocenters. The van der Waals surface area contributed by atoms with E-state index >= 15 is 0 Å². The van der Waals surface area contributed by atoms with Crippen LogP contribution >= 0.6 is 23.1 Å². The predicted molar refractivity (Wildman–Crippen MR) is 163 cm³/mol. The second kappa shape index (κ2) is 12.4. The number of allylic oxidation sites excluding steroid dienone is 1. The summed E-state index contributed by atoms with van der Waals surface area (Å²) in [6.45, 7) is 17.5. The Hall–Kier alpha value is -3.09. The van der Waals surface area contributed by atoms with E-state index < -0.39 is 0 Å². The van der Waals surface area contributed by atoms with Gasteiger partial charge in [-0.25, -0.2) is 0 Å². The number of aromatic nitrogens is 3. The molecule has 1 aliphatic carbocycles. The molecule has 0 spiro atoms. The fourth-order valence-corrected chi connectivity index (χ4v) is 7.18. The summed E-state index contributed by atoms with van der Waals surface area (Å²) in [6.07, 6.45) is 4.74. The molecule has 39 heavy (non-hydrogen) atoms. The van der Waals surface area contributed by atoms with Crippen LogP contribution in [0.1, 0.15) is 57.0 Å². The van der Waals surface area contributed by atoms with Gasteiger partial charge in [0.1, 0.15) is 11.1 Å². The van der Waals surface area contributed by atoms with Gasteiger partial charge in [0.25, 0.3) is 0 Å². The second-order valence-corrected chi connectivity index (χ2v) is 12.9. The van der Waals surface area contributed by atoms with Crippen LogP contribution in [0.15, 0.2) is 42.1 Å². The van der Waals surface area contributed by atoms with Gasteiger partial charge in [-0.15, -0.1) is 28.1 Å². The summed E-state index contributed by atoms with van der Waals surface area (Å²) in [6, 6.07) is 10.7. The number of carbonyl (C=O) groups is 1. The lowest BCUT2D eigenvalue weighted by molar-refractivity contribution is -0.113. The topological polar surface area (TPSA) is 86.8 Å². The minimum absolute atomic E-state index is 0.152. The third kappa shape index (κ3) is 6.39. The Kier molecular flexibility index (Phi) is 9.19. The average molecular weight is 563 g/mol. The maximum absolute atomic E-state index is 13.0. The first-order chi connectivity index (χ1) is 18.7. The van der Waals surface area contributed by atoms with Crippen molar-refractivity contribution in [1.82, 2.24) is 14.8 Å². The molecule has 1 aromatic carbocycles. The minimum atomic E-state index is -0.152. The molecule has 0 saturated carbocycles. The highest BCUT2D eigenvalue weighted by molar-refractivity contribution is 7.99. The van der Waals surface area contributed by atoms with Gasteiger partial charge in [-0.05, 0) is 74.3 Å². The maximum atomic E-state index is 13.0. The number of anilines is 2. The smallest absolute Gasteiger partial charge is 0.235 e. The molecule has 206 valence electrons. The molecule has 7 nitrogen and oxygen atoms in total. The Morgan fingerprint density at radius 2 is 2.00 bits per heavy atom. The van der Waals surface area contributed by atoms with Crippen molar-refractivity contribution in [2.75, 3.05) is 29.1 Å². The number of nitrogens with one attached hydrogen (secondary N) is 1. The van der Waals surface area contributed by atoms with Crippen molar-refractivity contribution in [2.24, 2.45) is 11.3 Å². The number of benzene rings is 1. The number of thiophene rings is 1. The molecule has 1 aliphatic rings. The molecule has 0 bridgehead atoms. The molecule has 0 radical (unpaired) electrons. The average Bonchev–Trinajstić information content (AvgIpc) is 3.48. The van der Waals surface area contributed by atoms with Gasteiger partial charge < -0.3 is 10.2 Å². The quantitative estimate of drug-likeness (QED) is 0.216. The molecule has 2 heterocycles. The van der Waals surface area contributed by atoms with E-state index in [1.807, 2.05) is 10.6 Å². The number of fused-ring (bicyclic) bond motifs is 1. The fraction of sp³-hybridized carbons (Fsp3) is 0.467. The molecule has 4 rings (SSSR count). The lowest BCUT2D eigenvalue weighted by Gasteiger charge is -2.33. The van der Waals surface area contributed by atoms with E-state index in [1.54, 1.807) is 11.3 Å². The zero-order valence-corrected chi connectivity index (χ0v) is 25.2. The molecule has 2 aromatic heterocycles. The highest BCUT2D eigenvalue weighted by Gasteiger charge is 2.32. The number of carbonyl (C=O) groups excluding carboxylic acids is 1. The number of hydrogen-bond donors (Lipinski definition) is 1. The van der Waals surface area contributed by atoms with E-state index in [-0.39, 0.29) is 17.1 Å². The number of nitrogens with zero attached hydrogens (tertiary/aromatic N) is 5. The van der Waals surface area contributed by atoms with Gasteiger partial charge in [0, 0.05) is 35.8 Å². The van der Waals surface area contributed by atoms with Crippen molar-refractivity contribution in [3.63, 3.8) is 0 Å². The molecule has 1 amide bonds. The molecule has 0 fully saturated rings. The van der Waals surface area contributed by atoms with Crippen molar-refractivity contribution in [1.29, 1.82) is 5.26 Å². The van der Waals surface area contributed by atoms with Crippen LogP contribution in [0.25, 0.3) is 11.4 Å². The lowest BCUT2D eigenvalue weighted by Crippen LogP contribution is -2.26. The lowest BCUT2D eigenvalue weighted by atomic mass is 9.72. The van der Waals surface area contributed by atoms with Crippen molar-refractivity contribution < 1.29 is 4.79 Å². The Morgan fingerprint density at radius 1 is 1.28 bits per heavy atom.